The fourth-order valence-corrected chi connectivity index (χ4v) is 2.29. The molecule has 108 valence electrons. The summed E-state index contributed by atoms with van der Waals surface area (Å²) in [6.07, 6.45) is 0.902. The Bertz CT molecular complexity index is 500. The molecule has 1 saturated heterocycles. The van der Waals surface area contributed by atoms with Crippen molar-refractivity contribution in [1.29, 1.82) is 0 Å². The van der Waals surface area contributed by atoms with Gasteiger partial charge < -0.3 is 14.8 Å². The van der Waals surface area contributed by atoms with Gasteiger partial charge in [-0.25, -0.2) is 0 Å². The summed E-state index contributed by atoms with van der Waals surface area (Å²) in [5.41, 5.74) is 0.890. The quantitative estimate of drug-likeness (QED) is 0.803. The van der Waals surface area contributed by atoms with E-state index in [0.29, 0.717) is 13.0 Å². The Labute approximate surface area is 118 Å². The van der Waals surface area contributed by atoms with E-state index in [-0.39, 0.29) is 17.8 Å². The van der Waals surface area contributed by atoms with E-state index in [1.807, 2.05) is 31.2 Å². The van der Waals surface area contributed by atoms with Crippen LogP contribution in [-0.4, -0.2) is 25.1 Å². The third-order valence-electron chi connectivity index (χ3n) is 3.42. The number of para-hydroxylation sites is 1. The van der Waals surface area contributed by atoms with Crippen molar-refractivity contribution in [3.63, 3.8) is 0 Å². The lowest BCUT2D eigenvalue weighted by Gasteiger charge is -2.33. The van der Waals surface area contributed by atoms with E-state index in [9.17, 15) is 9.59 Å². The van der Waals surface area contributed by atoms with Crippen molar-refractivity contribution in [2.75, 3.05) is 7.11 Å². The molecule has 20 heavy (non-hydrogen) atoms. The van der Waals surface area contributed by atoms with Crippen LogP contribution in [0.2, 0.25) is 0 Å². The number of carbonyl (C=O) groups excluding carboxylic acids is 2. The maximum absolute atomic E-state index is 12.0. The van der Waals surface area contributed by atoms with Crippen LogP contribution in [0.3, 0.4) is 0 Å². The minimum absolute atomic E-state index is 0.242. The van der Waals surface area contributed by atoms with Crippen molar-refractivity contribution in [3.8, 4) is 5.75 Å². The number of ether oxygens (including phenoxy) is 2. The number of esters is 1. The van der Waals surface area contributed by atoms with Gasteiger partial charge in [0, 0.05) is 12.1 Å². The smallest absolute Gasteiger partial charge is 0.314 e. The van der Waals surface area contributed by atoms with Crippen molar-refractivity contribution < 1.29 is 19.1 Å². The number of cyclic esters (lactones) is 1. The van der Waals surface area contributed by atoms with Gasteiger partial charge in [-0.15, -0.1) is 0 Å². The number of hydrogen-bond acceptors (Lipinski definition) is 4. The molecular weight excluding hydrogens is 258 g/mol. The second-order valence-electron chi connectivity index (χ2n) is 4.78. The summed E-state index contributed by atoms with van der Waals surface area (Å²) in [7, 11) is 1.59. The molecule has 1 aliphatic heterocycles. The fourth-order valence-electron chi connectivity index (χ4n) is 2.29. The molecule has 0 saturated carbocycles. The lowest BCUT2D eigenvalue weighted by Crippen LogP contribution is -2.53. The summed E-state index contributed by atoms with van der Waals surface area (Å²) in [6.45, 7) is 2.34. The van der Waals surface area contributed by atoms with Gasteiger partial charge in [0.2, 0.25) is 0 Å². The third kappa shape index (κ3) is 2.92. The topological polar surface area (TPSA) is 64.6 Å². The van der Waals surface area contributed by atoms with Gasteiger partial charge in [0.15, 0.2) is 6.10 Å². The van der Waals surface area contributed by atoms with Crippen LogP contribution in [0, 0.1) is 5.92 Å². The average Bonchev–Trinajstić information content (AvgIpc) is 2.48. The summed E-state index contributed by atoms with van der Waals surface area (Å²) in [4.78, 5) is 23.3. The Hall–Kier alpha value is -2.04. The summed E-state index contributed by atoms with van der Waals surface area (Å²) < 4.78 is 10.1. The summed E-state index contributed by atoms with van der Waals surface area (Å²) in [5.74, 6) is -0.0839. The first-order valence-corrected chi connectivity index (χ1v) is 6.77. The zero-order valence-electron chi connectivity index (χ0n) is 11.7. The Balaban J connectivity index is 1.91. The molecule has 2 atom stereocenters. The Kier molecular flexibility index (Phi) is 4.61. The fraction of sp³-hybridized carbons (Fsp3) is 0.467. The molecule has 5 heteroatoms. The Morgan fingerprint density at radius 2 is 2.15 bits per heavy atom. The standard InChI is InChI=1S/C15H19NO4/c1-3-6-11-13(20-15(11)18)14(17)16-9-10-7-4-5-8-12(10)19-2/h4-5,7-8,11,13H,3,6,9H2,1-2H3,(H,16,17)/t11?,13-/m1/s1. The molecule has 1 heterocycles. The second-order valence-corrected chi connectivity index (χ2v) is 4.78. The van der Waals surface area contributed by atoms with E-state index in [4.69, 9.17) is 9.47 Å². The summed E-state index contributed by atoms with van der Waals surface area (Å²) in [6, 6.07) is 7.47. The number of rotatable bonds is 6. The minimum Gasteiger partial charge on any atom is -0.496 e. The van der Waals surface area contributed by atoms with Crippen LogP contribution in [0.1, 0.15) is 25.3 Å². The van der Waals surface area contributed by atoms with E-state index < -0.39 is 6.10 Å². The van der Waals surface area contributed by atoms with Crippen molar-refractivity contribution in [2.24, 2.45) is 5.92 Å². The van der Waals surface area contributed by atoms with E-state index in [1.165, 1.54) is 0 Å². The molecule has 0 spiro atoms. The first-order valence-electron chi connectivity index (χ1n) is 6.77. The van der Waals surface area contributed by atoms with Crippen molar-refractivity contribution in [2.45, 2.75) is 32.4 Å². The van der Waals surface area contributed by atoms with Crippen molar-refractivity contribution in [1.82, 2.24) is 5.32 Å². The number of carbonyl (C=O) groups is 2. The molecule has 1 fully saturated rings. The number of amides is 1. The second kappa shape index (κ2) is 6.41. The number of hydrogen-bond donors (Lipinski definition) is 1. The number of methoxy groups -OCH3 is 1. The SMILES string of the molecule is CCCC1C(=O)O[C@H]1C(=O)NCc1ccccc1OC. The van der Waals surface area contributed by atoms with Gasteiger partial charge in [-0.3, -0.25) is 9.59 Å². The minimum atomic E-state index is -0.642. The van der Waals surface area contributed by atoms with Gasteiger partial charge in [0.1, 0.15) is 11.7 Å². The number of nitrogens with one attached hydrogen (secondary N) is 1. The molecule has 1 amide bonds. The van der Waals surface area contributed by atoms with Crippen LogP contribution < -0.4 is 10.1 Å². The molecule has 1 aromatic carbocycles. The lowest BCUT2D eigenvalue weighted by atomic mass is 9.91. The van der Waals surface area contributed by atoms with Gasteiger partial charge in [-0.2, -0.15) is 0 Å². The van der Waals surface area contributed by atoms with Crippen LogP contribution in [0.5, 0.6) is 5.75 Å². The average molecular weight is 277 g/mol. The molecule has 0 bridgehead atoms. The molecule has 5 nitrogen and oxygen atoms in total. The molecular formula is C15H19NO4. The Morgan fingerprint density at radius 1 is 1.40 bits per heavy atom. The van der Waals surface area contributed by atoms with Crippen LogP contribution in [-0.2, 0) is 20.9 Å². The highest BCUT2D eigenvalue weighted by Gasteiger charge is 2.46. The first-order chi connectivity index (χ1) is 9.67. The van der Waals surface area contributed by atoms with Crippen molar-refractivity contribution >= 4 is 11.9 Å². The third-order valence-corrected chi connectivity index (χ3v) is 3.42. The largest absolute Gasteiger partial charge is 0.496 e. The summed E-state index contributed by atoms with van der Waals surface area (Å²) >= 11 is 0. The van der Waals surface area contributed by atoms with Gasteiger partial charge in [-0.1, -0.05) is 31.5 Å². The first kappa shape index (κ1) is 14.4. The molecule has 0 aliphatic carbocycles. The van der Waals surface area contributed by atoms with E-state index in [2.05, 4.69) is 5.32 Å². The number of benzene rings is 1. The van der Waals surface area contributed by atoms with Crippen LogP contribution in [0.4, 0.5) is 0 Å². The lowest BCUT2D eigenvalue weighted by molar-refractivity contribution is -0.189. The zero-order valence-corrected chi connectivity index (χ0v) is 11.7. The van der Waals surface area contributed by atoms with Crippen molar-refractivity contribution in [3.05, 3.63) is 29.8 Å². The normalized spacial score (nSPS) is 20.8. The molecule has 1 aromatic rings. The highest BCUT2D eigenvalue weighted by Crippen LogP contribution is 2.27. The molecule has 1 N–H and O–H groups in total. The van der Waals surface area contributed by atoms with Crippen LogP contribution in [0.15, 0.2) is 24.3 Å². The van der Waals surface area contributed by atoms with Gasteiger partial charge >= 0.3 is 5.97 Å². The highest BCUT2D eigenvalue weighted by atomic mass is 16.6. The van der Waals surface area contributed by atoms with E-state index >= 15 is 0 Å². The van der Waals surface area contributed by atoms with Crippen LogP contribution >= 0.6 is 0 Å². The van der Waals surface area contributed by atoms with Crippen LogP contribution in [0.25, 0.3) is 0 Å². The predicted octanol–water partition coefficient (Wildman–Crippen LogP) is 1.65. The molecule has 1 unspecified atom stereocenters. The van der Waals surface area contributed by atoms with Gasteiger partial charge in [0.25, 0.3) is 5.91 Å². The van der Waals surface area contributed by atoms with E-state index in [0.717, 1.165) is 17.7 Å². The molecule has 0 radical (unpaired) electrons. The molecule has 1 aliphatic rings. The summed E-state index contributed by atoms with van der Waals surface area (Å²) in [5, 5.41) is 2.79. The maximum atomic E-state index is 12.0. The Morgan fingerprint density at radius 3 is 2.80 bits per heavy atom. The molecule has 2 rings (SSSR count). The highest BCUT2D eigenvalue weighted by molar-refractivity contribution is 5.94. The monoisotopic (exact) mass is 277 g/mol. The maximum Gasteiger partial charge on any atom is 0.314 e. The van der Waals surface area contributed by atoms with Gasteiger partial charge in [0.05, 0.1) is 7.11 Å². The zero-order chi connectivity index (χ0) is 14.5. The van der Waals surface area contributed by atoms with Gasteiger partial charge in [-0.05, 0) is 12.5 Å². The van der Waals surface area contributed by atoms with E-state index in [1.54, 1.807) is 7.11 Å². The molecule has 0 aromatic heterocycles. The predicted molar refractivity (Wildman–Crippen MR) is 73.1 cm³/mol.